The Morgan fingerprint density at radius 3 is 2.07 bits per heavy atom. The quantitative estimate of drug-likeness (QED) is 0.553. The van der Waals surface area contributed by atoms with E-state index in [9.17, 15) is 4.39 Å². The first-order valence-electron chi connectivity index (χ1n) is 10.5. The monoisotopic (exact) mass is 388 g/mol. The van der Waals surface area contributed by atoms with Gasteiger partial charge in [-0.05, 0) is 41.7 Å². The van der Waals surface area contributed by atoms with Crippen LogP contribution in [0.3, 0.4) is 0 Å². The van der Waals surface area contributed by atoms with Crippen molar-refractivity contribution in [2.75, 3.05) is 19.6 Å². The van der Waals surface area contributed by atoms with Gasteiger partial charge in [-0.25, -0.2) is 4.39 Å². The minimum absolute atomic E-state index is 0.141. The molecule has 0 radical (unpaired) electrons. The molecule has 2 nitrogen and oxygen atoms in total. The number of hydrogen-bond donors (Lipinski definition) is 0. The number of nitrogens with zero attached hydrogens (tertiary/aromatic N) is 2. The average Bonchev–Trinajstić information content (AvgIpc) is 2.75. The van der Waals surface area contributed by atoms with Crippen molar-refractivity contribution < 1.29 is 4.39 Å². The summed E-state index contributed by atoms with van der Waals surface area (Å²) in [6.07, 6.45) is 1.95. The van der Waals surface area contributed by atoms with E-state index in [1.807, 2.05) is 12.1 Å². The predicted octanol–water partition coefficient (Wildman–Crippen LogP) is 5.14. The Kier molecular flexibility index (Phi) is 6.71. The zero-order chi connectivity index (χ0) is 19.9. The van der Waals surface area contributed by atoms with Crippen LogP contribution in [0.15, 0.2) is 84.9 Å². The first-order chi connectivity index (χ1) is 14.3. The molecule has 1 atom stereocenters. The highest BCUT2D eigenvalue weighted by Gasteiger charge is 2.26. The van der Waals surface area contributed by atoms with Gasteiger partial charge in [-0.1, -0.05) is 72.8 Å². The maximum atomic E-state index is 13.6. The minimum Gasteiger partial charge on any atom is -0.296 e. The topological polar surface area (TPSA) is 6.48 Å². The van der Waals surface area contributed by atoms with Crippen LogP contribution >= 0.6 is 0 Å². The van der Waals surface area contributed by atoms with Crippen molar-refractivity contribution in [2.45, 2.75) is 32.0 Å². The number of piperazine rings is 1. The Morgan fingerprint density at radius 2 is 1.38 bits per heavy atom. The van der Waals surface area contributed by atoms with E-state index in [0.717, 1.165) is 51.1 Å². The van der Waals surface area contributed by atoms with Gasteiger partial charge in [-0.15, -0.1) is 0 Å². The van der Waals surface area contributed by atoms with E-state index >= 15 is 0 Å². The third-order valence-electron chi connectivity index (χ3n) is 5.82. The number of aryl methyl sites for hydroxylation is 1. The van der Waals surface area contributed by atoms with Crippen LogP contribution in [0, 0.1) is 5.82 Å². The van der Waals surface area contributed by atoms with Gasteiger partial charge < -0.3 is 0 Å². The Morgan fingerprint density at radius 1 is 0.724 bits per heavy atom. The summed E-state index contributed by atoms with van der Waals surface area (Å²) in [5, 5.41) is 0. The van der Waals surface area contributed by atoms with Crippen LogP contribution in [0.5, 0.6) is 0 Å². The molecule has 0 spiro atoms. The normalized spacial score (nSPS) is 18.0. The fraction of sp³-hybridized carbons (Fsp3) is 0.308. The van der Waals surface area contributed by atoms with Crippen molar-refractivity contribution in [3.05, 3.63) is 107 Å². The molecule has 1 aliphatic rings. The Balaban J connectivity index is 1.44. The number of benzene rings is 3. The summed E-state index contributed by atoms with van der Waals surface area (Å²) in [7, 11) is 0. The summed E-state index contributed by atoms with van der Waals surface area (Å²) in [4.78, 5) is 5.17. The maximum absolute atomic E-state index is 13.6. The fourth-order valence-corrected chi connectivity index (χ4v) is 4.27. The molecule has 1 heterocycles. The summed E-state index contributed by atoms with van der Waals surface area (Å²) >= 11 is 0. The van der Waals surface area contributed by atoms with Crippen molar-refractivity contribution >= 4 is 0 Å². The Labute approximate surface area is 173 Å². The van der Waals surface area contributed by atoms with Gasteiger partial charge in [0.1, 0.15) is 5.82 Å². The number of hydrogen-bond acceptors (Lipinski definition) is 2. The molecule has 0 unspecified atom stereocenters. The lowest BCUT2D eigenvalue weighted by Crippen LogP contribution is -2.52. The van der Waals surface area contributed by atoms with Gasteiger partial charge in [0.05, 0.1) is 0 Å². The van der Waals surface area contributed by atoms with Crippen molar-refractivity contribution in [3.63, 3.8) is 0 Å². The second-order valence-corrected chi connectivity index (χ2v) is 8.00. The Bertz CT molecular complexity index is 881. The summed E-state index contributed by atoms with van der Waals surface area (Å²) in [6.45, 7) is 5.18. The van der Waals surface area contributed by atoms with Crippen LogP contribution in [0.4, 0.5) is 4.39 Å². The predicted molar refractivity (Wildman–Crippen MR) is 117 cm³/mol. The molecule has 0 amide bonds. The number of halogens is 1. The molecular formula is C26H29FN2. The SMILES string of the molecule is Fc1cccc(CC[C@H]2CN(Cc3ccccc3)CCN2Cc2ccccc2)c1. The molecule has 3 aromatic rings. The number of rotatable bonds is 7. The lowest BCUT2D eigenvalue weighted by Gasteiger charge is -2.42. The van der Waals surface area contributed by atoms with E-state index in [0.29, 0.717) is 6.04 Å². The molecule has 0 aromatic heterocycles. The second-order valence-electron chi connectivity index (χ2n) is 8.00. The summed E-state index contributed by atoms with van der Waals surface area (Å²) in [5.41, 5.74) is 3.82. The van der Waals surface area contributed by atoms with E-state index in [2.05, 4.69) is 70.5 Å². The van der Waals surface area contributed by atoms with E-state index < -0.39 is 0 Å². The lowest BCUT2D eigenvalue weighted by atomic mass is 10.0. The standard InChI is InChI=1S/C26H29FN2/c27-25-13-7-12-22(18-25)14-15-26-21-28(19-23-8-3-1-4-9-23)16-17-29(26)20-24-10-5-2-6-11-24/h1-13,18,26H,14-17,19-21H2/t26-/m0/s1. The summed E-state index contributed by atoms with van der Waals surface area (Å²) < 4.78 is 13.6. The molecule has 150 valence electrons. The van der Waals surface area contributed by atoms with E-state index in [1.54, 1.807) is 6.07 Å². The molecule has 4 rings (SSSR count). The zero-order valence-corrected chi connectivity index (χ0v) is 16.9. The van der Waals surface area contributed by atoms with E-state index in [1.165, 1.54) is 17.2 Å². The summed E-state index contributed by atoms with van der Waals surface area (Å²) in [6, 6.07) is 28.9. The third-order valence-corrected chi connectivity index (χ3v) is 5.82. The van der Waals surface area contributed by atoms with Crippen LogP contribution in [0.1, 0.15) is 23.1 Å². The molecule has 1 aliphatic heterocycles. The Hall–Kier alpha value is -2.49. The maximum Gasteiger partial charge on any atom is 0.123 e. The molecule has 3 heteroatoms. The van der Waals surface area contributed by atoms with Crippen LogP contribution in [0.25, 0.3) is 0 Å². The van der Waals surface area contributed by atoms with Crippen LogP contribution in [-0.2, 0) is 19.5 Å². The van der Waals surface area contributed by atoms with Crippen molar-refractivity contribution in [1.82, 2.24) is 9.80 Å². The van der Waals surface area contributed by atoms with Crippen molar-refractivity contribution in [1.29, 1.82) is 0 Å². The van der Waals surface area contributed by atoms with Crippen molar-refractivity contribution in [2.24, 2.45) is 0 Å². The highest BCUT2D eigenvalue weighted by Crippen LogP contribution is 2.20. The molecule has 29 heavy (non-hydrogen) atoms. The van der Waals surface area contributed by atoms with Gasteiger partial charge in [0, 0.05) is 38.8 Å². The largest absolute Gasteiger partial charge is 0.296 e. The highest BCUT2D eigenvalue weighted by atomic mass is 19.1. The van der Waals surface area contributed by atoms with Crippen LogP contribution in [-0.4, -0.2) is 35.5 Å². The smallest absolute Gasteiger partial charge is 0.123 e. The third kappa shape index (κ3) is 5.75. The molecule has 0 bridgehead atoms. The summed E-state index contributed by atoms with van der Waals surface area (Å²) in [5.74, 6) is -0.141. The zero-order valence-electron chi connectivity index (χ0n) is 16.9. The second kappa shape index (κ2) is 9.82. The van der Waals surface area contributed by atoms with Crippen LogP contribution in [0.2, 0.25) is 0 Å². The van der Waals surface area contributed by atoms with Gasteiger partial charge in [-0.2, -0.15) is 0 Å². The molecule has 0 N–H and O–H groups in total. The molecule has 0 saturated carbocycles. The average molecular weight is 389 g/mol. The molecule has 1 saturated heterocycles. The fourth-order valence-electron chi connectivity index (χ4n) is 4.27. The highest BCUT2D eigenvalue weighted by molar-refractivity contribution is 5.18. The van der Waals surface area contributed by atoms with Crippen molar-refractivity contribution in [3.8, 4) is 0 Å². The minimum atomic E-state index is -0.141. The van der Waals surface area contributed by atoms with Gasteiger partial charge in [-0.3, -0.25) is 9.80 Å². The van der Waals surface area contributed by atoms with Gasteiger partial charge in [0.2, 0.25) is 0 Å². The first-order valence-corrected chi connectivity index (χ1v) is 10.5. The molecule has 0 aliphatic carbocycles. The van der Waals surface area contributed by atoms with E-state index in [4.69, 9.17) is 0 Å². The molecule has 3 aromatic carbocycles. The first kappa shape index (κ1) is 19.8. The molecule has 1 fully saturated rings. The van der Waals surface area contributed by atoms with E-state index in [-0.39, 0.29) is 5.82 Å². The van der Waals surface area contributed by atoms with Crippen LogP contribution < -0.4 is 0 Å². The van der Waals surface area contributed by atoms with Gasteiger partial charge in [0.15, 0.2) is 0 Å². The van der Waals surface area contributed by atoms with Gasteiger partial charge >= 0.3 is 0 Å². The van der Waals surface area contributed by atoms with Gasteiger partial charge in [0.25, 0.3) is 0 Å². The molecular weight excluding hydrogens is 359 g/mol. The lowest BCUT2D eigenvalue weighted by molar-refractivity contribution is 0.0597.